The fraction of sp³-hybridized carbons (Fsp3) is 0.917. The lowest BCUT2D eigenvalue weighted by atomic mass is 10.2. The third kappa shape index (κ3) is 3.46. The van der Waals surface area contributed by atoms with Crippen molar-refractivity contribution in [1.82, 2.24) is 10.2 Å². The third-order valence-corrected chi connectivity index (χ3v) is 3.51. The fourth-order valence-corrected chi connectivity index (χ4v) is 2.41. The summed E-state index contributed by atoms with van der Waals surface area (Å²) in [6, 6.07) is 1.23. The Bertz CT molecular complexity index is 240. The Morgan fingerprint density at radius 1 is 1.31 bits per heavy atom. The fourth-order valence-electron chi connectivity index (χ4n) is 2.41. The second-order valence-corrected chi connectivity index (χ2v) is 5.03. The Hall–Kier alpha value is -0.610. The first-order valence-corrected chi connectivity index (χ1v) is 6.53. The van der Waals surface area contributed by atoms with Crippen LogP contribution >= 0.6 is 0 Å². The number of carbonyl (C=O) groups excluding carboxylic acids is 1. The lowest BCUT2D eigenvalue weighted by molar-refractivity contribution is -0.121. The molecule has 2 fully saturated rings. The predicted octanol–water partition coefficient (Wildman–Crippen LogP) is 0.468. The molecule has 4 heteroatoms. The van der Waals surface area contributed by atoms with Gasteiger partial charge in [-0.3, -0.25) is 9.69 Å². The standard InChI is InChI=1S/C12H23N3O/c13-7-2-1-3-12(16)14-10-6-8-15(9-10)11-4-5-11/h10-11H,1-9,13H2,(H,14,16). The summed E-state index contributed by atoms with van der Waals surface area (Å²) >= 11 is 0. The Kier molecular flexibility index (Phi) is 4.18. The van der Waals surface area contributed by atoms with Gasteiger partial charge < -0.3 is 11.1 Å². The maximum Gasteiger partial charge on any atom is 0.220 e. The van der Waals surface area contributed by atoms with E-state index >= 15 is 0 Å². The molecule has 3 N–H and O–H groups in total. The normalized spacial score (nSPS) is 25.9. The zero-order chi connectivity index (χ0) is 11.4. The van der Waals surface area contributed by atoms with Crippen molar-refractivity contribution in [3.8, 4) is 0 Å². The van der Waals surface area contributed by atoms with Crippen LogP contribution in [0, 0.1) is 0 Å². The molecular formula is C12H23N3O. The van der Waals surface area contributed by atoms with Crippen LogP contribution in [0.2, 0.25) is 0 Å². The smallest absolute Gasteiger partial charge is 0.220 e. The first kappa shape index (κ1) is 11.9. The minimum atomic E-state index is 0.205. The van der Waals surface area contributed by atoms with E-state index in [4.69, 9.17) is 5.73 Å². The molecule has 2 rings (SSSR count). The number of hydrogen-bond acceptors (Lipinski definition) is 3. The number of hydrogen-bond donors (Lipinski definition) is 2. The second kappa shape index (κ2) is 5.64. The molecule has 1 saturated heterocycles. The molecule has 0 aromatic rings. The summed E-state index contributed by atoms with van der Waals surface area (Å²) in [6.45, 7) is 2.91. The van der Waals surface area contributed by atoms with E-state index in [-0.39, 0.29) is 5.91 Å². The summed E-state index contributed by atoms with van der Waals surface area (Å²) < 4.78 is 0. The van der Waals surface area contributed by atoms with Gasteiger partial charge in [-0.1, -0.05) is 0 Å². The molecule has 0 radical (unpaired) electrons. The number of nitrogens with two attached hydrogens (primary N) is 1. The van der Waals surface area contributed by atoms with E-state index in [1.165, 1.54) is 19.4 Å². The van der Waals surface area contributed by atoms with Crippen molar-refractivity contribution in [3.05, 3.63) is 0 Å². The van der Waals surface area contributed by atoms with Crippen molar-refractivity contribution in [2.45, 2.75) is 50.6 Å². The molecule has 1 unspecified atom stereocenters. The summed E-state index contributed by atoms with van der Waals surface area (Å²) in [5.74, 6) is 0.205. The van der Waals surface area contributed by atoms with E-state index in [9.17, 15) is 4.79 Å². The maximum absolute atomic E-state index is 11.6. The highest BCUT2D eigenvalue weighted by Crippen LogP contribution is 2.29. The summed E-state index contributed by atoms with van der Waals surface area (Å²) in [7, 11) is 0. The van der Waals surface area contributed by atoms with Gasteiger partial charge in [-0.05, 0) is 38.6 Å². The molecule has 1 saturated carbocycles. The zero-order valence-electron chi connectivity index (χ0n) is 9.95. The van der Waals surface area contributed by atoms with E-state index in [0.717, 1.165) is 31.8 Å². The first-order chi connectivity index (χ1) is 7.79. The van der Waals surface area contributed by atoms with E-state index in [0.29, 0.717) is 19.0 Å². The van der Waals surface area contributed by atoms with Gasteiger partial charge in [0.15, 0.2) is 0 Å². The highest BCUT2D eigenvalue weighted by Gasteiger charge is 2.34. The van der Waals surface area contributed by atoms with Crippen molar-refractivity contribution < 1.29 is 4.79 Å². The van der Waals surface area contributed by atoms with E-state index < -0.39 is 0 Å². The molecule has 4 nitrogen and oxygen atoms in total. The van der Waals surface area contributed by atoms with Crippen LogP contribution in [0.25, 0.3) is 0 Å². The highest BCUT2D eigenvalue weighted by molar-refractivity contribution is 5.76. The summed E-state index contributed by atoms with van der Waals surface area (Å²) in [6.07, 6.45) is 6.35. The van der Waals surface area contributed by atoms with Crippen LogP contribution in [-0.4, -0.2) is 42.5 Å². The van der Waals surface area contributed by atoms with Gasteiger partial charge in [-0.15, -0.1) is 0 Å². The van der Waals surface area contributed by atoms with Crippen LogP contribution in [0.3, 0.4) is 0 Å². The molecule has 1 amide bonds. The van der Waals surface area contributed by atoms with Gasteiger partial charge in [0.1, 0.15) is 0 Å². The summed E-state index contributed by atoms with van der Waals surface area (Å²) in [4.78, 5) is 14.1. The van der Waals surface area contributed by atoms with Crippen LogP contribution in [-0.2, 0) is 4.79 Å². The topological polar surface area (TPSA) is 58.4 Å². The van der Waals surface area contributed by atoms with Gasteiger partial charge in [-0.25, -0.2) is 0 Å². The van der Waals surface area contributed by atoms with E-state index in [2.05, 4.69) is 10.2 Å². The van der Waals surface area contributed by atoms with Gasteiger partial charge >= 0.3 is 0 Å². The molecule has 1 aliphatic carbocycles. The number of unbranched alkanes of at least 4 members (excludes halogenated alkanes) is 1. The summed E-state index contributed by atoms with van der Waals surface area (Å²) in [5.41, 5.74) is 5.40. The molecule has 1 heterocycles. The SMILES string of the molecule is NCCCCC(=O)NC1CCN(C2CC2)C1. The van der Waals surface area contributed by atoms with Gasteiger partial charge in [0.2, 0.25) is 5.91 Å². The summed E-state index contributed by atoms with van der Waals surface area (Å²) in [5, 5.41) is 3.13. The Morgan fingerprint density at radius 2 is 2.12 bits per heavy atom. The molecule has 0 aromatic carbocycles. The minimum Gasteiger partial charge on any atom is -0.352 e. The minimum absolute atomic E-state index is 0.205. The van der Waals surface area contributed by atoms with E-state index in [1.807, 2.05) is 0 Å². The zero-order valence-corrected chi connectivity index (χ0v) is 9.95. The van der Waals surface area contributed by atoms with Gasteiger partial charge in [-0.2, -0.15) is 0 Å². The largest absolute Gasteiger partial charge is 0.352 e. The van der Waals surface area contributed by atoms with Crippen LogP contribution in [0.1, 0.15) is 38.5 Å². The van der Waals surface area contributed by atoms with Crippen molar-refractivity contribution in [3.63, 3.8) is 0 Å². The van der Waals surface area contributed by atoms with Crippen LogP contribution in [0.15, 0.2) is 0 Å². The molecule has 1 aliphatic heterocycles. The molecule has 2 aliphatic rings. The van der Waals surface area contributed by atoms with Gasteiger partial charge in [0.25, 0.3) is 0 Å². The quantitative estimate of drug-likeness (QED) is 0.646. The lowest BCUT2D eigenvalue weighted by Crippen LogP contribution is -2.37. The van der Waals surface area contributed by atoms with Crippen LogP contribution in [0.4, 0.5) is 0 Å². The number of rotatable bonds is 6. The van der Waals surface area contributed by atoms with E-state index in [1.54, 1.807) is 0 Å². The number of amides is 1. The average molecular weight is 225 g/mol. The molecule has 92 valence electrons. The predicted molar refractivity (Wildman–Crippen MR) is 64.0 cm³/mol. The molecule has 0 spiro atoms. The average Bonchev–Trinajstić information content (AvgIpc) is 3.01. The number of likely N-dealkylation sites (tertiary alicyclic amines) is 1. The Labute approximate surface area is 97.6 Å². The Morgan fingerprint density at radius 3 is 2.81 bits per heavy atom. The highest BCUT2D eigenvalue weighted by atomic mass is 16.1. The lowest BCUT2D eigenvalue weighted by Gasteiger charge is -2.15. The van der Waals surface area contributed by atoms with Crippen LogP contribution < -0.4 is 11.1 Å². The number of carbonyl (C=O) groups is 1. The van der Waals surface area contributed by atoms with Crippen LogP contribution in [0.5, 0.6) is 0 Å². The van der Waals surface area contributed by atoms with Crippen molar-refractivity contribution >= 4 is 5.91 Å². The number of nitrogens with one attached hydrogen (secondary N) is 1. The third-order valence-electron chi connectivity index (χ3n) is 3.51. The monoisotopic (exact) mass is 225 g/mol. The maximum atomic E-state index is 11.6. The van der Waals surface area contributed by atoms with Gasteiger partial charge in [0.05, 0.1) is 0 Å². The Balaban J connectivity index is 1.60. The number of nitrogens with zero attached hydrogens (tertiary/aromatic N) is 1. The van der Waals surface area contributed by atoms with Crippen molar-refractivity contribution in [2.75, 3.05) is 19.6 Å². The molecular weight excluding hydrogens is 202 g/mol. The first-order valence-electron chi connectivity index (χ1n) is 6.53. The molecule has 0 aromatic heterocycles. The molecule has 16 heavy (non-hydrogen) atoms. The van der Waals surface area contributed by atoms with Gasteiger partial charge in [0, 0.05) is 31.6 Å². The molecule has 1 atom stereocenters. The van der Waals surface area contributed by atoms with Crippen molar-refractivity contribution in [2.24, 2.45) is 5.73 Å². The van der Waals surface area contributed by atoms with Crippen molar-refractivity contribution in [1.29, 1.82) is 0 Å². The molecule has 0 bridgehead atoms. The second-order valence-electron chi connectivity index (χ2n) is 5.03.